The molecule has 128 valence electrons. The predicted octanol–water partition coefficient (Wildman–Crippen LogP) is 2.99. The van der Waals surface area contributed by atoms with E-state index >= 15 is 0 Å². The van der Waals surface area contributed by atoms with E-state index in [1.54, 1.807) is 7.11 Å². The quantitative estimate of drug-likeness (QED) is 0.697. The summed E-state index contributed by atoms with van der Waals surface area (Å²) < 4.78 is 5.17. The van der Waals surface area contributed by atoms with E-state index in [4.69, 9.17) is 4.74 Å². The largest absolute Gasteiger partial charge is 0.497 e. The van der Waals surface area contributed by atoms with Gasteiger partial charge in [0.2, 0.25) is 5.91 Å². The normalized spacial score (nSPS) is 10.4. The number of rotatable bonds is 7. The van der Waals surface area contributed by atoms with E-state index in [9.17, 15) is 4.79 Å². The number of nitrogens with one attached hydrogen (secondary N) is 2. The van der Waals surface area contributed by atoms with Gasteiger partial charge in [-0.3, -0.25) is 4.79 Å². The second-order valence-corrected chi connectivity index (χ2v) is 5.75. The minimum atomic E-state index is -0.00366. The standard InChI is InChI=1S/C20H21N3O2/c1-25-18-9-5-6-15(12-18)13-19(24)21-11-10-17-14-22-20(23-17)16-7-3-2-4-8-16/h2-9,12,14H,10-11,13H2,1H3,(H,21,24)(H,22,23). The molecule has 0 fully saturated rings. The van der Waals surface area contributed by atoms with Crippen LogP contribution in [0.2, 0.25) is 0 Å². The molecule has 0 atom stereocenters. The van der Waals surface area contributed by atoms with Crippen molar-refractivity contribution in [3.05, 3.63) is 72.1 Å². The van der Waals surface area contributed by atoms with Crippen molar-refractivity contribution in [1.29, 1.82) is 0 Å². The van der Waals surface area contributed by atoms with Crippen LogP contribution in [-0.4, -0.2) is 29.5 Å². The molecule has 0 spiro atoms. The highest BCUT2D eigenvalue weighted by Gasteiger charge is 2.06. The van der Waals surface area contributed by atoms with E-state index in [1.165, 1.54) is 0 Å². The highest BCUT2D eigenvalue weighted by Crippen LogP contribution is 2.15. The average molecular weight is 335 g/mol. The van der Waals surface area contributed by atoms with Crippen LogP contribution in [0, 0.1) is 0 Å². The lowest BCUT2D eigenvalue weighted by Gasteiger charge is -2.06. The minimum Gasteiger partial charge on any atom is -0.497 e. The average Bonchev–Trinajstić information content (AvgIpc) is 3.11. The lowest BCUT2D eigenvalue weighted by atomic mass is 10.1. The summed E-state index contributed by atoms with van der Waals surface area (Å²) in [6.07, 6.45) is 2.87. The Morgan fingerprint density at radius 1 is 1.16 bits per heavy atom. The van der Waals surface area contributed by atoms with Crippen LogP contribution < -0.4 is 10.1 Å². The van der Waals surface area contributed by atoms with E-state index in [-0.39, 0.29) is 5.91 Å². The Hall–Kier alpha value is -3.08. The van der Waals surface area contributed by atoms with E-state index in [2.05, 4.69) is 15.3 Å². The number of methoxy groups -OCH3 is 1. The molecule has 0 saturated carbocycles. The molecule has 1 heterocycles. The number of ether oxygens (including phenoxy) is 1. The number of hydrogen-bond acceptors (Lipinski definition) is 3. The summed E-state index contributed by atoms with van der Waals surface area (Å²) in [7, 11) is 1.62. The Morgan fingerprint density at radius 2 is 2.00 bits per heavy atom. The molecular formula is C20H21N3O2. The number of carbonyl (C=O) groups excluding carboxylic acids is 1. The first-order valence-corrected chi connectivity index (χ1v) is 8.23. The SMILES string of the molecule is COc1cccc(CC(=O)NCCc2cnc(-c3ccccc3)[nH]2)c1. The van der Waals surface area contributed by atoms with Gasteiger partial charge in [0.05, 0.1) is 13.5 Å². The third-order valence-corrected chi connectivity index (χ3v) is 3.89. The zero-order valence-corrected chi connectivity index (χ0v) is 14.2. The fourth-order valence-electron chi connectivity index (χ4n) is 2.60. The Morgan fingerprint density at radius 3 is 2.80 bits per heavy atom. The predicted molar refractivity (Wildman–Crippen MR) is 97.4 cm³/mol. The van der Waals surface area contributed by atoms with Crippen LogP contribution in [0.1, 0.15) is 11.3 Å². The second-order valence-electron chi connectivity index (χ2n) is 5.75. The van der Waals surface area contributed by atoms with Gasteiger partial charge in [0.15, 0.2) is 0 Å². The minimum absolute atomic E-state index is 0.00366. The number of benzene rings is 2. The molecule has 0 bridgehead atoms. The first-order chi connectivity index (χ1) is 12.2. The zero-order chi connectivity index (χ0) is 17.5. The van der Waals surface area contributed by atoms with Gasteiger partial charge in [-0.05, 0) is 17.7 Å². The fourth-order valence-corrected chi connectivity index (χ4v) is 2.60. The monoisotopic (exact) mass is 335 g/mol. The zero-order valence-electron chi connectivity index (χ0n) is 14.2. The lowest BCUT2D eigenvalue weighted by molar-refractivity contribution is -0.120. The van der Waals surface area contributed by atoms with Gasteiger partial charge >= 0.3 is 0 Å². The van der Waals surface area contributed by atoms with E-state index in [0.29, 0.717) is 19.4 Å². The Kier molecular flexibility index (Phi) is 5.46. The molecule has 0 unspecified atom stereocenters. The molecule has 0 aliphatic heterocycles. The van der Waals surface area contributed by atoms with Crippen LogP contribution in [0.4, 0.5) is 0 Å². The smallest absolute Gasteiger partial charge is 0.224 e. The molecule has 2 aromatic carbocycles. The highest BCUT2D eigenvalue weighted by molar-refractivity contribution is 5.78. The van der Waals surface area contributed by atoms with Gasteiger partial charge in [0, 0.05) is 30.4 Å². The lowest BCUT2D eigenvalue weighted by Crippen LogP contribution is -2.27. The van der Waals surface area contributed by atoms with Crippen molar-refractivity contribution in [1.82, 2.24) is 15.3 Å². The number of imidazole rings is 1. The third kappa shape index (κ3) is 4.70. The van der Waals surface area contributed by atoms with Crippen molar-refractivity contribution < 1.29 is 9.53 Å². The highest BCUT2D eigenvalue weighted by atomic mass is 16.5. The molecule has 5 nitrogen and oxygen atoms in total. The van der Waals surface area contributed by atoms with Crippen molar-refractivity contribution in [3.8, 4) is 17.1 Å². The van der Waals surface area contributed by atoms with Gasteiger partial charge in [0.1, 0.15) is 11.6 Å². The number of aromatic nitrogens is 2. The number of hydrogen-bond donors (Lipinski definition) is 2. The third-order valence-electron chi connectivity index (χ3n) is 3.89. The van der Waals surface area contributed by atoms with Gasteiger partial charge in [0.25, 0.3) is 0 Å². The molecule has 0 aliphatic carbocycles. The van der Waals surface area contributed by atoms with Crippen LogP contribution in [0.25, 0.3) is 11.4 Å². The molecule has 0 saturated heterocycles. The summed E-state index contributed by atoms with van der Waals surface area (Å²) in [4.78, 5) is 19.7. The van der Waals surface area contributed by atoms with Crippen molar-refractivity contribution in [2.24, 2.45) is 0 Å². The molecule has 3 rings (SSSR count). The molecule has 1 amide bonds. The first-order valence-electron chi connectivity index (χ1n) is 8.23. The summed E-state index contributed by atoms with van der Waals surface area (Å²) in [6.45, 7) is 0.569. The van der Waals surface area contributed by atoms with Crippen molar-refractivity contribution in [3.63, 3.8) is 0 Å². The van der Waals surface area contributed by atoms with Gasteiger partial charge in [-0.15, -0.1) is 0 Å². The molecule has 3 aromatic rings. The van der Waals surface area contributed by atoms with Gasteiger partial charge < -0.3 is 15.0 Å². The Balaban J connectivity index is 1.48. The maximum atomic E-state index is 12.1. The number of carbonyl (C=O) groups is 1. The number of H-pyrrole nitrogens is 1. The topological polar surface area (TPSA) is 67.0 Å². The van der Waals surface area contributed by atoms with Gasteiger partial charge in [-0.2, -0.15) is 0 Å². The van der Waals surface area contributed by atoms with E-state index in [0.717, 1.165) is 28.4 Å². The van der Waals surface area contributed by atoms with Gasteiger partial charge in [-0.25, -0.2) is 4.98 Å². The van der Waals surface area contributed by atoms with Gasteiger partial charge in [-0.1, -0.05) is 42.5 Å². The van der Waals surface area contributed by atoms with Crippen LogP contribution in [0.3, 0.4) is 0 Å². The van der Waals surface area contributed by atoms with Crippen molar-refractivity contribution in [2.75, 3.05) is 13.7 Å². The maximum Gasteiger partial charge on any atom is 0.224 e. The van der Waals surface area contributed by atoms with Crippen molar-refractivity contribution in [2.45, 2.75) is 12.8 Å². The molecule has 25 heavy (non-hydrogen) atoms. The van der Waals surface area contributed by atoms with Crippen LogP contribution in [-0.2, 0) is 17.6 Å². The number of nitrogens with zero attached hydrogens (tertiary/aromatic N) is 1. The number of amides is 1. The van der Waals surface area contributed by atoms with E-state index in [1.807, 2.05) is 60.8 Å². The summed E-state index contributed by atoms with van der Waals surface area (Å²) in [6, 6.07) is 17.5. The second kappa shape index (κ2) is 8.15. The molecule has 0 radical (unpaired) electrons. The first kappa shape index (κ1) is 16.8. The Labute approximate surface area is 147 Å². The molecule has 0 aliphatic rings. The fraction of sp³-hybridized carbons (Fsp3) is 0.200. The van der Waals surface area contributed by atoms with Crippen LogP contribution >= 0.6 is 0 Å². The number of aromatic amines is 1. The summed E-state index contributed by atoms with van der Waals surface area (Å²) in [5, 5.41) is 2.94. The molecule has 2 N–H and O–H groups in total. The summed E-state index contributed by atoms with van der Waals surface area (Å²) >= 11 is 0. The Bertz CT molecular complexity index is 828. The van der Waals surface area contributed by atoms with Crippen LogP contribution in [0.5, 0.6) is 5.75 Å². The van der Waals surface area contributed by atoms with Crippen molar-refractivity contribution >= 4 is 5.91 Å². The molecule has 1 aromatic heterocycles. The molecular weight excluding hydrogens is 314 g/mol. The molecule has 5 heteroatoms. The van der Waals surface area contributed by atoms with E-state index < -0.39 is 0 Å². The summed E-state index contributed by atoms with van der Waals surface area (Å²) in [5.74, 6) is 1.60. The maximum absolute atomic E-state index is 12.1. The van der Waals surface area contributed by atoms with Crippen LogP contribution in [0.15, 0.2) is 60.8 Å². The summed E-state index contributed by atoms with van der Waals surface area (Å²) in [5.41, 5.74) is 2.99.